The highest BCUT2D eigenvalue weighted by Crippen LogP contribution is 2.42. The van der Waals surface area contributed by atoms with Gasteiger partial charge in [-0.2, -0.15) is 5.10 Å². The molecule has 2 saturated carbocycles. The Bertz CT molecular complexity index is 734. The summed E-state index contributed by atoms with van der Waals surface area (Å²) >= 11 is 0. The van der Waals surface area contributed by atoms with Crippen molar-refractivity contribution in [2.24, 2.45) is 16.9 Å². The van der Waals surface area contributed by atoms with Crippen LogP contribution in [-0.2, 0) is 0 Å². The number of benzene rings is 2. The minimum atomic E-state index is -0.125. The third-order valence-corrected chi connectivity index (χ3v) is 5.07. The minimum absolute atomic E-state index is 0.125. The van der Waals surface area contributed by atoms with Gasteiger partial charge < -0.3 is 0 Å². The number of nitrogens with zero attached hydrogens (tertiary/aromatic N) is 1. The molecule has 4 rings (SSSR count). The standard InChI is InChI=1S/C20H20N2O/c23-20(22-21-19-13-14-6-7-18(19)12-14)17-10-8-16(9-11-17)15-4-2-1-3-5-15/h1-5,8-11,14,18H,6-7,12-13H2,(H,22,23)/b21-19-. The Hall–Kier alpha value is -2.42. The number of hydrazone groups is 1. The number of hydrogen-bond acceptors (Lipinski definition) is 2. The molecule has 2 aliphatic carbocycles. The molecule has 23 heavy (non-hydrogen) atoms. The van der Waals surface area contributed by atoms with E-state index in [0.29, 0.717) is 11.5 Å². The Morgan fingerprint density at radius 1 is 0.957 bits per heavy atom. The van der Waals surface area contributed by atoms with E-state index in [1.165, 1.54) is 25.0 Å². The van der Waals surface area contributed by atoms with Crippen LogP contribution in [-0.4, -0.2) is 11.6 Å². The average molecular weight is 304 g/mol. The van der Waals surface area contributed by atoms with Gasteiger partial charge >= 0.3 is 0 Å². The molecule has 116 valence electrons. The minimum Gasteiger partial charge on any atom is -0.267 e. The molecule has 2 aliphatic rings. The van der Waals surface area contributed by atoms with Crippen LogP contribution in [0.25, 0.3) is 11.1 Å². The molecule has 3 heteroatoms. The zero-order valence-corrected chi connectivity index (χ0v) is 13.0. The predicted molar refractivity (Wildman–Crippen MR) is 92.2 cm³/mol. The van der Waals surface area contributed by atoms with Crippen LogP contribution >= 0.6 is 0 Å². The molecule has 0 radical (unpaired) electrons. The van der Waals surface area contributed by atoms with E-state index in [-0.39, 0.29) is 5.91 Å². The van der Waals surface area contributed by atoms with Crippen LogP contribution in [0, 0.1) is 11.8 Å². The molecular weight excluding hydrogens is 284 g/mol. The molecule has 0 aromatic heterocycles. The van der Waals surface area contributed by atoms with Crippen LogP contribution in [0.3, 0.4) is 0 Å². The lowest BCUT2D eigenvalue weighted by molar-refractivity contribution is 0.0954. The maximum Gasteiger partial charge on any atom is 0.271 e. The summed E-state index contributed by atoms with van der Waals surface area (Å²) in [6.07, 6.45) is 4.90. The van der Waals surface area contributed by atoms with Crippen LogP contribution in [0.1, 0.15) is 36.0 Å². The van der Waals surface area contributed by atoms with Crippen molar-refractivity contribution in [2.75, 3.05) is 0 Å². The van der Waals surface area contributed by atoms with Gasteiger partial charge in [-0.1, -0.05) is 42.5 Å². The molecule has 2 fully saturated rings. The second-order valence-electron chi connectivity index (χ2n) is 6.57. The van der Waals surface area contributed by atoms with Gasteiger partial charge in [0.2, 0.25) is 0 Å². The van der Waals surface area contributed by atoms with Crippen molar-refractivity contribution < 1.29 is 4.79 Å². The molecule has 0 aliphatic heterocycles. The van der Waals surface area contributed by atoms with Gasteiger partial charge in [0, 0.05) is 11.3 Å². The fraction of sp³-hybridized carbons (Fsp3) is 0.300. The lowest BCUT2D eigenvalue weighted by atomic mass is 9.99. The molecule has 1 N–H and O–H groups in total. The molecule has 2 aromatic rings. The summed E-state index contributed by atoms with van der Waals surface area (Å²) in [7, 11) is 0. The lowest BCUT2D eigenvalue weighted by Gasteiger charge is -2.11. The normalized spacial score (nSPS) is 24.1. The van der Waals surface area contributed by atoms with Gasteiger partial charge in [-0.3, -0.25) is 4.79 Å². The second-order valence-corrected chi connectivity index (χ2v) is 6.57. The number of carbonyl (C=O) groups is 1. The monoisotopic (exact) mass is 304 g/mol. The summed E-state index contributed by atoms with van der Waals surface area (Å²) in [6.45, 7) is 0. The number of rotatable bonds is 3. The van der Waals surface area contributed by atoms with Crippen LogP contribution in [0.15, 0.2) is 59.7 Å². The van der Waals surface area contributed by atoms with Crippen molar-refractivity contribution in [3.05, 3.63) is 60.2 Å². The molecule has 0 heterocycles. The van der Waals surface area contributed by atoms with Gasteiger partial charge in [-0.25, -0.2) is 5.43 Å². The Kier molecular flexibility index (Phi) is 3.70. The number of amides is 1. The van der Waals surface area contributed by atoms with Gasteiger partial charge in [-0.05, 0) is 60.8 Å². The SMILES string of the molecule is O=C(N/N=C1/CC2CCC1C2)c1ccc(-c2ccccc2)cc1. The second kappa shape index (κ2) is 5.99. The maximum atomic E-state index is 12.2. The van der Waals surface area contributed by atoms with E-state index in [1.54, 1.807) is 0 Å². The fourth-order valence-corrected chi connectivity index (χ4v) is 3.79. The molecular formula is C20H20N2O. The van der Waals surface area contributed by atoms with E-state index in [1.807, 2.05) is 42.5 Å². The summed E-state index contributed by atoms with van der Waals surface area (Å²) in [5.74, 6) is 1.29. The van der Waals surface area contributed by atoms with Crippen molar-refractivity contribution in [3.8, 4) is 11.1 Å². The smallest absolute Gasteiger partial charge is 0.267 e. The van der Waals surface area contributed by atoms with Crippen molar-refractivity contribution >= 4 is 11.6 Å². The number of hydrogen-bond donors (Lipinski definition) is 1. The van der Waals surface area contributed by atoms with Crippen molar-refractivity contribution in [2.45, 2.75) is 25.7 Å². The highest BCUT2D eigenvalue weighted by molar-refractivity contribution is 5.96. The Morgan fingerprint density at radius 2 is 1.70 bits per heavy atom. The van der Waals surface area contributed by atoms with Gasteiger partial charge in [-0.15, -0.1) is 0 Å². The largest absolute Gasteiger partial charge is 0.271 e. The maximum absolute atomic E-state index is 12.2. The van der Waals surface area contributed by atoms with Crippen molar-refractivity contribution in [1.82, 2.24) is 5.43 Å². The van der Waals surface area contributed by atoms with Gasteiger partial charge in [0.15, 0.2) is 0 Å². The van der Waals surface area contributed by atoms with Gasteiger partial charge in [0.05, 0.1) is 0 Å². The molecule has 1 amide bonds. The number of carbonyl (C=O) groups excluding carboxylic acids is 1. The topological polar surface area (TPSA) is 41.5 Å². The molecule has 0 saturated heterocycles. The zero-order chi connectivity index (χ0) is 15.6. The van der Waals surface area contributed by atoms with Crippen LogP contribution in [0.2, 0.25) is 0 Å². The Morgan fingerprint density at radius 3 is 2.35 bits per heavy atom. The molecule has 2 aromatic carbocycles. The first-order chi connectivity index (χ1) is 11.3. The van der Waals surface area contributed by atoms with E-state index < -0.39 is 0 Å². The fourth-order valence-electron chi connectivity index (χ4n) is 3.79. The molecule has 2 atom stereocenters. The van der Waals surface area contributed by atoms with Crippen LogP contribution in [0.4, 0.5) is 0 Å². The van der Waals surface area contributed by atoms with Gasteiger partial charge in [0.1, 0.15) is 0 Å². The summed E-state index contributed by atoms with van der Waals surface area (Å²) < 4.78 is 0. The summed E-state index contributed by atoms with van der Waals surface area (Å²) in [4.78, 5) is 12.2. The van der Waals surface area contributed by atoms with Crippen LogP contribution in [0.5, 0.6) is 0 Å². The quantitative estimate of drug-likeness (QED) is 0.846. The molecule has 0 spiro atoms. The van der Waals surface area contributed by atoms with Gasteiger partial charge in [0.25, 0.3) is 5.91 Å². The Labute approximate surface area is 136 Å². The van der Waals surface area contributed by atoms with E-state index in [4.69, 9.17) is 0 Å². The summed E-state index contributed by atoms with van der Waals surface area (Å²) in [5, 5.41) is 4.38. The Balaban J connectivity index is 1.44. The lowest BCUT2D eigenvalue weighted by Crippen LogP contribution is -2.21. The first-order valence-electron chi connectivity index (χ1n) is 8.32. The zero-order valence-electron chi connectivity index (χ0n) is 13.0. The summed E-state index contributed by atoms with van der Waals surface area (Å²) in [6, 6.07) is 17.8. The van der Waals surface area contributed by atoms with E-state index in [2.05, 4.69) is 22.7 Å². The van der Waals surface area contributed by atoms with Crippen molar-refractivity contribution in [3.63, 3.8) is 0 Å². The molecule has 3 nitrogen and oxygen atoms in total. The highest BCUT2D eigenvalue weighted by Gasteiger charge is 2.36. The third-order valence-electron chi connectivity index (χ3n) is 5.07. The summed E-state index contributed by atoms with van der Waals surface area (Å²) in [5.41, 5.74) is 6.84. The highest BCUT2D eigenvalue weighted by atomic mass is 16.2. The molecule has 2 unspecified atom stereocenters. The van der Waals surface area contributed by atoms with E-state index >= 15 is 0 Å². The first-order valence-corrected chi connectivity index (χ1v) is 8.32. The third kappa shape index (κ3) is 2.91. The predicted octanol–water partition coefficient (Wildman–Crippen LogP) is 4.26. The molecule has 2 bridgehead atoms. The number of fused-ring (bicyclic) bond motifs is 2. The van der Waals surface area contributed by atoms with E-state index in [9.17, 15) is 4.79 Å². The first kappa shape index (κ1) is 14.2. The van der Waals surface area contributed by atoms with E-state index in [0.717, 1.165) is 23.5 Å². The van der Waals surface area contributed by atoms with Crippen molar-refractivity contribution in [1.29, 1.82) is 0 Å². The average Bonchev–Trinajstić information content (AvgIpc) is 3.24. The number of nitrogens with one attached hydrogen (secondary N) is 1. The van der Waals surface area contributed by atoms with Crippen LogP contribution < -0.4 is 5.43 Å².